The lowest BCUT2D eigenvalue weighted by Gasteiger charge is -2.21. The SMILES string of the molecule is CCCC(=O)N[C@@H](CO)C(O)C(=O)NCc1ccccc1. The second-order valence-corrected chi connectivity index (χ2v) is 4.75. The van der Waals surface area contributed by atoms with E-state index < -0.39 is 24.7 Å². The van der Waals surface area contributed by atoms with E-state index in [9.17, 15) is 19.8 Å². The first-order valence-electron chi connectivity index (χ1n) is 6.98. The zero-order valence-corrected chi connectivity index (χ0v) is 12.1. The van der Waals surface area contributed by atoms with E-state index in [0.29, 0.717) is 6.42 Å². The van der Waals surface area contributed by atoms with Gasteiger partial charge in [0.1, 0.15) is 0 Å². The van der Waals surface area contributed by atoms with Crippen LogP contribution in [0.5, 0.6) is 0 Å². The van der Waals surface area contributed by atoms with E-state index in [4.69, 9.17) is 0 Å². The van der Waals surface area contributed by atoms with Crippen LogP contribution in [0.2, 0.25) is 0 Å². The van der Waals surface area contributed by atoms with Crippen molar-refractivity contribution in [3.05, 3.63) is 35.9 Å². The summed E-state index contributed by atoms with van der Waals surface area (Å²) >= 11 is 0. The molecule has 1 aromatic rings. The molecule has 0 saturated heterocycles. The molecule has 4 N–H and O–H groups in total. The molecule has 0 heterocycles. The van der Waals surface area contributed by atoms with Gasteiger partial charge in [-0.1, -0.05) is 37.3 Å². The van der Waals surface area contributed by atoms with E-state index in [0.717, 1.165) is 5.56 Å². The predicted molar refractivity (Wildman–Crippen MR) is 78.2 cm³/mol. The van der Waals surface area contributed by atoms with Crippen LogP contribution in [0.15, 0.2) is 30.3 Å². The number of aliphatic hydroxyl groups excluding tert-OH is 2. The van der Waals surface area contributed by atoms with E-state index in [1.165, 1.54) is 0 Å². The van der Waals surface area contributed by atoms with Crippen molar-refractivity contribution in [1.82, 2.24) is 10.6 Å². The molecule has 6 nitrogen and oxygen atoms in total. The molecule has 116 valence electrons. The van der Waals surface area contributed by atoms with Crippen molar-refractivity contribution in [3.63, 3.8) is 0 Å². The van der Waals surface area contributed by atoms with E-state index >= 15 is 0 Å². The zero-order chi connectivity index (χ0) is 15.7. The minimum atomic E-state index is -1.49. The number of amides is 2. The average molecular weight is 294 g/mol. The van der Waals surface area contributed by atoms with Crippen molar-refractivity contribution in [1.29, 1.82) is 0 Å². The summed E-state index contributed by atoms with van der Waals surface area (Å²) in [5.74, 6) is -0.929. The van der Waals surface area contributed by atoms with Crippen LogP contribution in [0.3, 0.4) is 0 Å². The molecule has 2 amide bonds. The number of hydrogen-bond acceptors (Lipinski definition) is 4. The molecule has 2 atom stereocenters. The van der Waals surface area contributed by atoms with Crippen molar-refractivity contribution in [2.45, 2.75) is 38.5 Å². The molecule has 6 heteroatoms. The zero-order valence-electron chi connectivity index (χ0n) is 12.1. The highest BCUT2D eigenvalue weighted by Crippen LogP contribution is 2.00. The van der Waals surface area contributed by atoms with Gasteiger partial charge in [0.15, 0.2) is 6.10 Å². The fraction of sp³-hybridized carbons (Fsp3) is 0.467. The maximum atomic E-state index is 11.8. The summed E-state index contributed by atoms with van der Waals surface area (Å²) in [5.41, 5.74) is 0.897. The Morgan fingerprint density at radius 3 is 2.48 bits per heavy atom. The first kappa shape index (κ1) is 17.1. The van der Waals surface area contributed by atoms with Gasteiger partial charge < -0.3 is 20.8 Å². The monoisotopic (exact) mass is 294 g/mol. The van der Waals surface area contributed by atoms with E-state index in [2.05, 4.69) is 10.6 Å². The second-order valence-electron chi connectivity index (χ2n) is 4.75. The van der Waals surface area contributed by atoms with Crippen LogP contribution >= 0.6 is 0 Å². The third kappa shape index (κ3) is 5.93. The van der Waals surface area contributed by atoms with Gasteiger partial charge in [0.25, 0.3) is 5.91 Å². The maximum Gasteiger partial charge on any atom is 0.251 e. The minimum absolute atomic E-state index is 0.276. The van der Waals surface area contributed by atoms with Gasteiger partial charge in [0, 0.05) is 13.0 Å². The summed E-state index contributed by atoms with van der Waals surface area (Å²) in [6.45, 7) is 1.61. The van der Waals surface area contributed by atoms with Gasteiger partial charge in [-0.3, -0.25) is 9.59 Å². The molecule has 0 radical (unpaired) electrons. The van der Waals surface area contributed by atoms with Crippen LogP contribution in [-0.4, -0.2) is 40.8 Å². The van der Waals surface area contributed by atoms with Crippen LogP contribution in [-0.2, 0) is 16.1 Å². The normalized spacial score (nSPS) is 13.3. The Morgan fingerprint density at radius 2 is 1.90 bits per heavy atom. The molecule has 0 aromatic heterocycles. The first-order chi connectivity index (χ1) is 10.1. The highest BCUT2D eigenvalue weighted by atomic mass is 16.3. The Balaban J connectivity index is 2.49. The van der Waals surface area contributed by atoms with E-state index in [-0.39, 0.29) is 18.9 Å². The molecule has 0 spiro atoms. The number of nitrogens with one attached hydrogen (secondary N) is 2. The summed E-state index contributed by atoms with van der Waals surface area (Å²) < 4.78 is 0. The molecule has 1 aromatic carbocycles. The van der Waals surface area contributed by atoms with E-state index in [1.807, 2.05) is 37.3 Å². The van der Waals surface area contributed by atoms with Crippen LogP contribution < -0.4 is 10.6 Å². The Bertz CT molecular complexity index is 450. The highest BCUT2D eigenvalue weighted by Gasteiger charge is 2.26. The lowest BCUT2D eigenvalue weighted by atomic mass is 10.1. The van der Waals surface area contributed by atoms with Crippen molar-refractivity contribution in [2.24, 2.45) is 0 Å². The fourth-order valence-corrected chi connectivity index (χ4v) is 1.80. The number of hydrogen-bond donors (Lipinski definition) is 4. The van der Waals surface area contributed by atoms with Crippen molar-refractivity contribution >= 4 is 11.8 Å². The number of aliphatic hydroxyl groups is 2. The first-order valence-corrected chi connectivity index (χ1v) is 6.98. The third-order valence-electron chi connectivity index (χ3n) is 2.98. The quantitative estimate of drug-likeness (QED) is 0.540. The van der Waals surface area contributed by atoms with Crippen molar-refractivity contribution < 1.29 is 19.8 Å². The van der Waals surface area contributed by atoms with Gasteiger partial charge >= 0.3 is 0 Å². The Morgan fingerprint density at radius 1 is 1.24 bits per heavy atom. The molecule has 0 saturated carbocycles. The van der Waals surface area contributed by atoms with Gasteiger partial charge in [-0.05, 0) is 12.0 Å². The average Bonchev–Trinajstić information content (AvgIpc) is 2.51. The molecule has 0 aliphatic carbocycles. The molecule has 21 heavy (non-hydrogen) atoms. The summed E-state index contributed by atoms with van der Waals surface area (Å²) in [5, 5.41) is 24.1. The lowest BCUT2D eigenvalue weighted by molar-refractivity contribution is -0.133. The molecular formula is C15H22N2O4. The molecule has 0 aliphatic heterocycles. The minimum Gasteiger partial charge on any atom is -0.394 e. The summed E-state index contributed by atoms with van der Waals surface area (Å²) in [4.78, 5) is 23.3. The molecule has 0 aliphatic rings. The van der Waals surface area contributed by atoms with Gasteiger partial charge in [-0.15, -0.1) is 0 Å². The molecule has 1 unspecified atom stereocenters. The van der Waals surface area contributed by atoms with Crippen LogP contribution in [0.1, 0.15) is 25.3 Å². The topological polar surface area (TPSA) is 98.7 Å². The van der Waals surface area contributed by atoms with Gasteiger partial charge in [0.05, 0.1) is 12.6 Å². The van der Waals surface area contributed by atoms with Crippen LogP contribution in [0.4, 0.5) is 0 Å². The predicted octanol–water partition coefficient (Wildman–Crippen LogP) is -0.0591. The highest BCUT2D eigenvalue weighted by molar-refractivity contribution is 5.83. The molecular weight excluding hydrogens is 272 g/mol. The molecule has 0 fully saturated rings. The number of benzene rings is 1. The molecule has 0 bridgehead atoms. The maximum absolute atomic E-state index is 11.8. The van der Waals surface area contributed by atoms with Crippen molar-refractivity contribution in [3.8, 4) is 0 Å². The summed E-state index contributed by atoms with van der Waals surface area (Å²) in [6.07, 6.45) is -0.547. The lowest BCUT2D eigenvalue weighted by Crippen LogP contribution is -2.52. The van der Waals surface area contributed by atoms with Crippen LogP contribution in [0, 0.1) is 0 Å². The fourth-order valence-electron chi connectivity index (χ4n) is 1.80. The molecule has 1 rings (SSSR count). The summed E-state index contributed by atoms with van der Waals surface area (Å²) in [6, 6.07) is 8.25. The van der Waals surface area contributed by atoms with E-state index in [1.54, 1.807) is 0 Å². The Hall–Kier alpha value is -1.92. The van der Waals surface area contributed by atoms with Gasteiger partial charge in [-0.2, -0.15) is 0 Å². The van der Waals surface area contributed by atoms with Crippen molar-refractivity contribution in [2.75, 3.05) is 6.61 Å². The van der Waals surface area contributed by atoms with Gasteiger partial charge in [-0.25, -0.2) is 0 Å². The number of carbonyl (C=O) groups excluding carboxylic acids is 2. The van der Waals surface area contributed by atoms with Gasteiger partial charge in [0.2, 0.25) is 5.91 Å². The van der Waals surface area contributed by atoms with Crippen LogP contribution in [0.25, 0.3) is 0 Å². The Labute approximate surface area is 124 Å². The smallest absolute Gasteiger partial charge is 0.251 e. The summed E-state index contributed by atoms with van der Waals surface area (Å²) in [7, 11) is 0. The standard InChI is InChI=1S/C15H22N2O4/c1-2-6-13(19)17-12(10-18)14(20)15(21)16-9-11-7-4-3-5-8-11/h3-5,7-8,12,14,18,20H,2,6,9-10H2,1H3,(H,16,21)(H,17,19)/t12-,14?/m0/s1. The number of rotatable bonds is 8. The largest absolute Gasteiger partial charge is 0.394 e. The third-order valence-corrected chi connectivity index (χ3v) is 2.98. The second kappa shape index (κ2) is 9.10. The Kier molecular flexibility index (Phi) is 7.42. The number of carbonyl (C=O) groups is 2.